The van der Waals surface area contributed by atoms with Crippen LogP contribution in [0.25, 0.3) is 0 Å². The Morgan fingerprint density at radius 3 is 1.18 bits per heavy atom. The molecule has 8 N–H and O–H groups in total. The summed E-state index contributed by atoms with van der Waals surface area (Å²) in [7, 11) is 0. The highest BCUT2D eigenvalue weighted by Crippen LogP contribution is 2.68. The predicted octanol–water partition coefficient (Wildman–Crippen LogP) is 15.4. The van der Waals surface area contributed by atoms with E-state index in [-0.39, 0.29) is 73.3 Å². The molecule has 5 aromatic heterocycles. The lowest BCUT2D eigenvalue weighted by Crippen LogP contribution is -2.39. The predicted molar refractivity (Wildman–Crippen MR) is 390 cm³/mol. The molecule has 8 unspecified atom stereocenters. The number of nitrogens with one attached hydrogen (secondary N) is 8. The molecule has 12 aliphatic rings. The fourth-order valence-electron chi connectivity index (χ4n) is 19.4. The van der Waals surface area contributed by atoms with Crippen LogP contribution in [-0.2, 0) is 73.5 Å². The van der Waals surface area contributed by atoms with Crippen molar-refractivity contribution in [3.8, 4) is 6.07 Å². The number of pyridine rings is 1. The molecule has 4 aliphatic heterocycles. The number of nitriles is 1. The first-order valence-electron chi connectivity index (χ1n) is 37.0. The van der Waals surface area contributed by atoms with Gasteiger partial charge in [0, 0.05) is 142 Å². The van der Waals surface area contributed by atoms with Gasteiger partial charge in [0.05, 0.1) is 64.7 Å². The number of rotatable bonds is 8. The fraction of sp³-hybridized carbons (Fsp3) is 0.481. The molecule has 0 radical (unpaired) electrons. The molecule has 8 saturated carbocycles. The lowest BCUT2D eigenvalue weighted by atomic mass is 9.92. The van der Waals surface area contributed by atoms with Gasteiger partial charge in [-0.1, -0.05) is 25.7 Å². The molecule has 546 valence electrons. The summed E-state index contributed by atoms with van der Waals surface area (Å²) in [4.78, 5) is 61.8. The summed E-state index contributed by atoms with van der Waals surface area (Å²) in [6.07, 6.45) is 24.7. The molecule has 0 spiro atoms. The Balaban J connectivity index is 0.000000103. The van der Waals surface area contributed by atoms with Crippen LogP contribution in [0.3, 0.4) is 0 Å². The van der Waals surface area contributed by atoms with Crippen LogP contribution in [0.1, 0.15) is 182 Å². The van der Waals surface area contributed by atoms with Crippen molar-refractivity contribution in [1.82, 2.24) is 65.4 Å². The molecule has 0 saturated heterocycles. The number of carbonyl (C=O) groups is 4. The fourth-order valence-corrected chi connectivity index (χ4v) is 20.1. The molecule has 28 heteroatoms. The second-order valence-corrected chi connectivity index (χ2v) is 32.8. The Morgan fingerprint density at radius 2 is 0.838 bits per heavy atom. The van der Waals surface area contributed by atoms with Crippen LogP contribution >= 0.6 is 31.9 Å². The molecular formula is C77H82Br2F4N18O4. The third-order valence-electron chi connectivity index (χ3n) is 25.4. The van der Waals surface area contributed by atoms with Gasteiger partial charge in [-0.2, -0.15) is 25.7 Å². The second kappa shape index (κ2) is 27.0. The number of benzene rings is 3. The Morgan fingerprint density at radius 1 is 0.486 bits per heavy atom. The Labute approximate surface area is 621 Å². The monoisotopic (exact) mass is 1560 g/mol. The average Bonchev–Trinajstić information content (AvgIpc) is 1.57. The number of urea groups is 4. The van der Waals surface area contributed by atoms with E-state index in [1.54, 1.807) is 47.1 Å². The van der Waals surface area contributed by atoms with E-state index in [0.717, 1.165) is 60.7 Å². The van der Waals surface area contributed by atoms with Gasteiger partial charge in [0.1, 0.15) is 28.1 Å². The van der Waals surface area contributed by atoms with E-state index in [0.29, 0.717) is 79.5 Å². The molecule has 8 atom stereocenters. The summed E-state index contributed by atoms with van der Waals surface area (Å²) >= 11 is 6.20. The number of fused-ring (bicyclic) bond motifs is 8. The van der Waals surface area contributed by atoms with Crippen molar-refractivity contribution < 1.29 is 36.7 Å². The molecule has 8 amide bonds. The van der Waals surface area contributed by atoms with Crippen LogP contribution < -0.4 is 21.3 Å². The SMILES string of the molecule is Cc1cc(NC(=O)N2CCc3[nH]nc(C45CCCC4C5)c3C2)ccc1F.N#Cc1cc(NC(=O)N2CCc3[nH]nc(C45CCCC4C5)c3C2)ccc1F.O=C(Nc1ccc(F)c(Br)c1)N1CCc2[nH]nc(C34CCCC3C4)c2C1.O=C(Nc1ccnc(Br)c1F)N1CCc2[nH]nc(C34CCCC3C4)c2C1. The summed E-state index contributed by atoms with van der Waals surface area (Å²) in [5, 5.41) is 51.6. The van der Waals surface area contributed by atoms with Gasteiger partial charge in [0.25, 0.3) is 0 Å². The first-order chi connectivity index (χ1) is 50.8. The highest BCUT2D eigenvalue weighted by Gasteiger charge is 2.63. The molecule has 0 bridgehead atoms. The van der Waals surface area contributed by atoms with Crippen molar-refractivity contribution in [1.29, 1.82) is 5.26 Å². The number of aromatic amines is 4. The van der Waals surface area contributed by atoms with E-state index < -0.39 is 11.6 Å². The van der Waals surface area contributed by atoms with Crippen molar-refractivity contribution in [2.45, 2.75) is 183 Å². The summed E-state index contributed by atoms with van der Waals surface area (Å²) in [6.45, 7) is 6.45. The Bertz CT molecular complexity index is 4710. The van der Waals surface area contributed by atoms with Crippen LogP contribution in [0.2, 0.25) is 0 Å². The number of hydrogen-bond donors (Lipinski definition) is 8. The Hall–Kier alpha value is -9.10. The number of aromatic nitrogens is 9. The van der Waals surface area contributed by atoms with Gasteiger partial charge in [-0.05, 0) is 206 Å². The zero-order chi connectivity index (χ0) is 72.3. The number of aryl methyl sites for hydroxylation is 1. The van der Waals surface area contributed by atoms with Crippen LogP contribution in [0, 0.1) is 65.2 Å². The number of carbonyl (C=O) groups excluding carboxylic acids is 4. The van der Waals surface area contributed by atoms with Crippen molar-refractivity contribution in [3.63, 3.8) is 0 Å². The van der Waals surface area contributed by atoms with Crippen LogP contribution in [0.4, 0.5) is 59.5 Å². The molecule has 20 rings (SSSR count). The van der Waals surface area contributed by atoms with Crippen LogP contribution in [0.15, 0.2) is 75.9 Å². The molecule has 22 nitrogen and oxygen atoms in total. The summed E-state index contributed by atoms with van der Waals surface area (Å²) in [5.41, 5.74) is 17.5. The van der Waals surface area contributed by atoms with Gasteiger partial charge in [0.15, 0.2) is 5.82 Å². The highest BCUT2D eigenvalue weighted by molar-refractivity contribution is 9.10. The van der Waals surface area contributed by atoms with Crippen molar-refractivity contribution in [3.05, 3.63) is 178 Å². The lowest BCUT2D eigenvalue weighted by Gasteiger charge is -2.28. The molecule has 3 aromatic carbocycles. The smallest absolute Gasteiger partial charge is 0.320 e. The van der Waals surface area contributed by atoms with Crippen LogP contribution in [-0.4, -0.2) is 116 Å². The first-order valence-corrected chi connectivity index (χ1v) is 38.6. The highest BCUT2D eigenvalue weighted by atomic mass is 79.9. The molecular weight excluding hydrogens is 1480 g/mol. The summed E-state index contributed by atoms with van der Waals surface area (Å²) in [6, 6.07) is 15.6. The Kier molecular flexibility index (Phi) is 17.8. The molecule has 8 aromatic rings. The number of amides is 8. The largest absolute Gasteiger partial charge is 0.322 e. The first kappa shape index (κ1) is 69.0. The van der Waals surface area contributed by atoms with Gasteiger partial charge >= 0.3 is 24.1 Å². The van der Waals surface area contributed by atoms with Gasteiger partial charge in [0.2, 0.25) is 0 Å². The normalized spacial score (nSPS) is 26.2. The zero-order valence-electron chi connectivity index (χ0n) is 58.3. The van der Waals surface area contributed by atoms with Crippen LogP contribution in [0.5, 0.6) is 0 Å². The minimum atomic E-state index is -0.587. The third-order valence-corrected chi connectivity index (χ3v) is 26.6. The maximum atomic E-state index is 14.1. The van der Waals surface area contributed by atoms with Gasteiger partial charge < -0.3 is 40.9 Å². The molecule has 9 heterocycles. The quantitative estimate of drug-likeness (QED) is 0.0526. The standard InChI is InChI=1S/C20H20FN5O.C20H23FN4O.C19H20BrFN4O.C18H19BrFN5O/c21-16-4-3-14(8-12(16)10-22)23-19(27)26-7-5-17-15(11-26)18(25-24-17)20-6-1-2-13(20)9-20;1-12-9-14(4-5-16(12)21)22-19(26)25-8-6-17-15(11-25)18(24-23-17)20-7-2-3-13(20)10-20;20-14-8-12(3-4-15(14)21)22-18(26)25-7-5-16-13(10-25)17(24-23-16)19-6-1-2-11(19)9-19;19-16-14(20)13(3-6-21-16)22-17(26)25-7-4-12-11(9-25)15(24-23-12)18-5-1-2-10(18)8-18/h3-4,8,13H,1-2,5-7,9,11H2,(H,23,27)(H,24,25);4-5,9,13H,2-3,6-8,10-11H2,1H3,(H,22,26)(H,23,24);3-4,8,11H,1-2,5-7,9-10H2,(H,22,26)(H,23,24);3,6,10H,1-2,4-5,7-9H2,(H,23,24)(H,21,22,26). The van der Waals surface area contributed by atoms with Gasteiger partial charge in [-0.25, -0.2) is 41.7 Å². The molecule has 105 heavy (non-hydrogen) atoms. The minimum absolute atomic E-state index is 0.0778. The number of nitrogens with zero attached hydrogens (tertiary/aromatic N) is 10. The minimum Gasteiger partial charge on any atom is -0.320 e. The maximum absolute atomic E-state index is 14.1. The maximum Gasteiger partial charge on any atom is 0.322 e. The van der Waals surface area contributed by atoms with E-state index in [1.807, 2.05) is 9.80 Å². The third kappa shape index (κ3) is 12.7. The van der Waals surface area contributed by atoms with E-state index in [9.17, 15) is 36.7 Å². The molecule has 8 aliphatic carbocycles. The number of anilines is 4. The number of halogens is 6. The van der Waals surface area contributed by atoms with Gasteiger partial charge in [-0.15, -0.1) is 0 Å². The summed E-state index contributed by atoms with van der Waals surface area (Å²) < 4.78 is 54.8. The van der Waals surface area contributed by atoms with Crippen molar-refractivity contribution in [2.24, 2.45) is 23.7 Å². The zero-order valence-corrected chi connectivity index (χ0v) is 61.5. The average molecular weight is 1560 g/mol. The summed E-state index contributed by atoms with van der Waals surface area (Å²) in [5.74, 6) is 1.35. The molecule has 8 fully saturated rings. The van der Waals surface area contributed by atoms with E-state index in [1.165, 1.54) is 202 Å². The lowest BCUT2D eigenvalue weighted by molar-refractivity contribution is 0.205. The van der Waals surface area contributed by atoms with E-state index >= 15 is 0 Å². The van der Waals surface area contributed by atoms with Crippen molar-refractivity contribution in [2.75, 3.05) is 47.4 Å². The number of H-pyrrole nitrogens is 4. The van der Waals surface area contributed by atoms with E-state index in [4.69, 9.17) is 5.26 Å². The second-order valence-electron chi connectivity index (χ2n) is 31.2. The van der Waals surface area contributed by atoms with Crippen molar-refractivity contribution >= 4 is 78.7 Å². The topological polar surface area (TPSA) is 281 Å². The number of hydrogen-bond acceptors (Lipinski definition) is 10. The van der Waals surface area contributed by atoms with E-state index in [2.05, 4.69) is 98.9 Å². The van der Waals surface area contributed by atoms with Gasteiger partial charge in [-0.3, -0.25) is 20.4 Å².